The number of halogens is 2. The summed E-state index contributed by atoms with van der Waals surface area (Å²) in [5.41, 5.74) is 1.93. The minimum Gasteiger partial charge on any atom is -0.493 e. The number of nitrogens with one attached hydrogen (secondary N) is 2. The first-order chi connectivity index (χ1) is 12.5. The molecule has 0 fully saturated rings. The molecule has 0 spiro atoms. The molecule has 2 aromatic carbocycles. The molecule has 0 aromatic heterocycles. The van der Waals surface area contributed by atoms with E-state index in [4.69, 9.17) is 32.7 Å². The van der Waals surface area contributed by atoms with Gasteiger partial charge in [0.2, 0.25) is 5.91 Å². The van der Waals surface area contributed by atoms with Gasteiger partial charge in [-0.1, -0.05) is 35.3 Å². The van der Waals surface area contributed by atoms with E-state index in [-0.39, 0.29) is 12.5 Å². The third-order valence-electron chi connectivity index (χ3n) is 3.81. The van der Waals surface area contributed by atoms with Crippen LogP contribution in [-0.2, 0) is 17.8 Å². The number of amides is 1. The van der Waals surface area contributed by atoms with Crippen LogP contribution in [0.3, 0.4) is 0 Å². The summed E-state index contributed by atoms with van der Waals surface area (Å²) in [7, 11) is 3.17. The van der Waals surface area contributed by atoms with Gasteiger partial charge in [-0.3, -0.25) is 4.79 Å². The lowest BCUT2D eigenvalue weighted by molar-refractivity contribution is -0.120. The molecular formula is C19H22Cl2N2O3. The van der Waals surface area contributed by atoms with Crippen LogP contribution in [0.1, 0.15) is 11.1 Å². The van der Waals surface area contributed by atoms with E-state index in [9.17, 15) is 4.79 Å². The van der Waals surface area contributed by atoms with Gasteiger partial charge < -0.3 is 20.1 Å². The van der Waals surface area contributed by atoms with Gasteiger partial charge in [0, 0.05) is 16.6 Å². The Labute approximate surface area is 163 Å². The number of carbonyl (C=O) groups is 1. The smallest absolute Gasteiger partial charge is 0.234 e. The molecule has 2 aromatic rings. The summed E-state index contributed by atoms with van der Waals surface area (Å²) >= 11 is 12.0. The van der Waals surface area contributed by atoms with E-state index in [1.54, 1.807) is 26.4 Å². The Morgan fingerprint density at radius 2 is 1.81 bits per heavy atom. The van der Waals surface area contributed by atoms with Crippen LogP contribution in [0.5, 0.6) is 11.5 Å². The Hall–Kier alpha value is -1.95. The van der Waals surface area contributed by atoms with Crippen molar-refractivity contribution in [3.8, 4) is 11.5 Å². The lowest BCUT2D eigenvalue weighted by Crippen LogP contribution is -2.34. The van der Waals surface area contributed by atoms with Gasteiger partial charge in [-0.25, -0.2) is 0 Å². The molecule has 2 N–H and O–H groups in total. The van der Waals surface area contributed by atoms with Crippen molar-refractivity contribution in [1.29, 1.82) is 0 Å². The number of ether oxygens (including phenoxy) is 2. The Bertz CT molecular complexity index is 754. The SMILES string of the molecule is COc1ccc(CNC(=O)CNCCc2ccc(Cl)cc2Cl)cc1OC. The first-order valence-corrected chi connectivity index (χ1v) is 8.91. The van der Waals surface area contributed by atoms with E-state index in [1.807, 2.05) is 24.3 Å². The third-order valence-corrected chi connectivity index (χ3v) is 4.40. The van der Waals surface area contributed by atoms with E-state index in [0.29, 0.717) is 34.6 Å². The summed E-state index contributed by atoms with van der Waals surface area (Å²) in [6, 6.07) is 11.0. The topological polar surface area (TPSA) is 59.6 Å². The zero-order valence-corrected chi connectivity index (χ0v) is 16.3. The third kappa shape index (κ3) is 6.09. The molecule has 2 rings (SSSR count). The predicted octanol–water partition coefficient (Wildman–Crippen LogP) is 3.46. The fraction of sp³-hybridized carbons (Fsp3) is 0.316. The second-order valence-corrected chi connectivity index (χ2v) is 6.47. The number of benzene rings is 2. The van der Waals surface area contributed by atoms with Crippen molar-refractivity contribution < 1.29 is 14.3 Å². The number of hydrogen-bond donors (Lipinski definition) is 2. The fourth-order valence-electron chi connectivity index (χ4n) is 2.40. The summed E-state index contributed by atoms with van der Waals surface area (Å²) in [5.74, 6) is 1.21. The molecule has 26 heavy (non-hydrogen) atoms. The van der Waals surface area contributed by atoms with Crippen LogP contribution in [0, 0.1) is 0 Å². The minimum absolute atomic E-state index is 0.0815. The molecule has 0 atom stereocenters. The van der Waals surface area contributed by atoms with Crippen molar-refractivity contribution in [2.24, 2.45) is 0 Å². The second kappa shape index (κ2) is 10.3. The average molecular weight is 397 g/mol. The van der Waals surface area contributed by atoms with Gasteiger partial charge >= 0.3 is 0 Å². The lowest BCUT2D eigenvalue weighted by atomic mass is 10.1. The molecule has 140 valence electrons. The van der Waals surface area contributed by atoms with Crippen molar-refractivity contribution >= 4 is 29.1 Å². The maximum absolute atomic E-state index is 11.9. The van der Waals surface area contributed by atoms with E-state index >= 15 is 0 Å². The maximum Gasteiger partial charge on any atom is 0.234 e. The number of hydrogen-bond acceptors (Lipinski definition) is 4. The molecule has 5 nitrogen and oxygen atoms in total. The maximum atomic E-state index is 11.9. The van der Waals surface area contributed by atoms with Crippen LogP contribution in [0.2, 0.25) is 10.0 Å². The number of rotatable bonds is 9. The van der Waals surface area contributed by atoms with E-state index in [0.717, 1.165) is 17.5 Å². The van der Waals surface area contributed by atoms with Crippen LogP contribution in [0.15, 0.2) is 36.4 Å². The summed E-state index contributed by atoms with van der Waals surface area (Å²) in [6.45, 7) is 1.30. The Kier molecular flexibility index (Phi) is 8.04. The van der Waals surface area contributed by atoms with Crippen molar-refractivity contribution in [2.45, 2.75) is 13.0 Å². The van der Waals surface area contributed by atoms with Gasteiger partial charge in [-0.15, -0.1) is 0 Å². The van der Waals surface area contributed by atoms with Crippen molar-refractivity contribution in [3.05, 3.63) is 57.6 Å². The lowest BCUT2D eigenvalue weighted by Gasteiger charge is -2.11. The summed E-state index contributed by atoms with van der Waals surface area (Å²) in [4.78, 5) is 11.9. The van der Waals surface area contributed by atoms with Crippen molar-refractivity contribution in [3.63, 3.8) is 0 Å². The summed E-state index contributed by atoms with van der Waals surface area (Å²) in [6.07, 6.45) is 0.721. The summed E-state index contributed by atoms with van der Waals surface area (Å²) in [5, 5.41) is 7.22. The van der Waals surface area contributed by atoms with Crippen molar-refractivity contribution in [2.75, 3.05) is 27.3 Å². The van der Waals surface area contributed by atoms with Crippen LogP contribution in [-0.4, -0.2) is 33.2 Å². The van der Waals surface area contributed by atoms with Crippen molar-refractivity contribution in [1.82, 2.24) is 10.6 Å². The fourth-order valence-corrected chi connectivity index (χ4v) is 2.91. The zero-order valence-electron chi connectivity index (χ0n) is 14.8. The van der Waals surface area contributed by atoms with E-state index < -0.39 is 0 Å². The number of methoxy groups -OCH3 is 2. The molecule has 0 aliphatic heterocycles. The molecule has 0 saturated carbocycles. The molecule has 0 radical (unpaired) electrons. The normalized spacial score (nSPS) is 10.5. The predicted molar refractivity (Wildman–Crippen MR) is 104 cm³/mol. The van der Waals surface area contributed by atoms with Gasteiger partial charge in [0.05, 0.1) is 20.8 Å². The minimum atomic E-state index is -0.0815. The van der Waals surface area contributed by atoms with Gasteiger partial charge in [-0.2, -0.15) is 0 Å². The molecule has 0 bridgehead atoms. The molecule has 7 heteroatoms. The Balaban J connectivity index is 1.72. The first-order valence-electron chi connectivity index (χ1n) is 8.15. The Morgan fingerprint density at radius 1 is 1.04 bits per heavy atom. The summed E-state index contributed by atoms with van der Waals surface area (Å²) < 4.78 is 10.4. The highest BCUT2D eigenvalue weighted by molar-refractivity contribution is 6.35. The second-order valence-electron chi connectivity index (χ2n) is 5.63. The standard InChI is InChI=1S/C19H22Cl2N2O3/c1-25-17-6-3-13(9-18(17)26-2)11-23-19(24)12-22-8-7-14-4-5-15(20)10-16(14)21/h3-6,9-10,22H,7-8,11-12H2,1-2H3,(H,23,24). The van der Waals surface area contributed by atoms with E-state index in [2.05, 4.69) is 10.6 Å². The molecule has 0 saturated heterocycles. The molecule has 0 heterocycles. The van der Waals surface area contributed by atoms with Gasteiger partial charge in [-0.05, 0) is 48.4 Å². The van der Waals surface area contributed by atoms with E-state index in [1.165, 1.54) is 0 Å². The van der Waals surface area contributed by atoms with Crippen LogP contribution in [0.4, 0.5) is 0 Å². The highest BCUT2D eigenvalue weighted by Gasteiger charge is 2.06. The number of carbonyl (C=O) groups excluding carboxylic acids is 1. The van der Waals surface area contributed by atoms with Gasteiger partial charge in [0.25, 0.3) is 0 Å². The monoisotopic (exact) mass is 396 g/mol. The largest absolute Gasteiger partial charge is 0.493 e. The van der Waals surface area contributed by atoms with Crippen LogP contribution >= 0.6 is 23.2 Å². The zero-order chi connectivity index (χ0) is 18.9. The van der Waals surface area contributed by atoms with Crippen LogP contribution in [0.25, 0.3) is 0 Å². The first kappa shape index (κ1) is 20.4. The molecular weight excluding hydrogens is 375 g/mol. The van der Waals surface area contributed by atoms with Gasteiger partial charge in [0.15, 0.2) is 11.5 Å². The quantitative estimate of drug-likeness (QED) is 0.637. The molecule has 0 aliphatic rings. The average Bonchev–Trinajstić information content (AvgIpc) is 2.64. The molecule has 0 aliphatic carbocycles. The van der Waals surface area contributed by atoms with Gasteiger partial charge in [0.1, 0.15) is 0 Å². The van der Waals surface area contributed by atoms with Crippen LogP contribution < -0.4 is 20.1 Å². The molecule has 0 unspecified atom stereocenters. The molecule has 1 amide bonds. The highest BCUT2D eigenvalue weighted by Crippen LogP contribution is 2.27. The highest BCUT2D eigenvalue weighted by atomic mass is 35.5. The Morgan fingerprint density at radius 3 is 2.50 bits per heavy atom.